The Bertz CT molecular complexity index is 1040. The van der Waals surface area contributed by atoms with Crippen molar-refractivity contribution in [2.24, 2.45) is 7.05 Å². The van der Waals surface area contributed by atoms with Gasteiger partial charge in [-0.05, 0) is 29.8 Å². The number of likely N-dealkylation sites (N-methyl/N-ethyl adjacent to an activating group) is 1. The monoisotopic (exact) mass is 447 g/mol. The first-order chi connectivity index (χ1) is 16.1. The van der Waals surface area contributed by atoms with Crippen LogP contribution in [0.15, 0.2) is 67.0 Å². The SMILES string of the molecule is CCN1CCN(CC(=O)NCc2ccccc2COc2ccccc2)CC1c1nccn1C. The van der Waals surface area contributed by atoms with Crippen LogP contribution < -0.4 is 10.1 Å². The van der Waals surface area contributed by atoms with E-state index in [4.69, 9.17) is 4.74 Å². The van der Waals surface area contributed by atoms with Crippen LogP contribution in [0.2, 0.25) is 0 Å². The maximum Gasteiger partial charge on any atom is 0.234 e. The van der Waals surface area contributed by atoms with Gasteiger partial charge < -0.3 is 14.6 Å². The molecule has 2 aromatic carbocycles. The standard InChI is InChI=1S/C26H33N5O2/c1-3-31-16-15-30(18-24(31)26-27-13-14-29(26)2)19-25(32)28-17-21-9-7-8-10-22(21)20-33-23-11-5-4-6-12-23/h4-14,24H,3,15-20H2,1-2H3,(H,28,32). The van der Waals surface area contributed by atoms with Crippen molar-refractivity contribution >= 4 is 5.91 Å². The number of ether oxygens (including phenoxy) is 1. The van der Waals surface area contributed by atoms with E-state index in [0.717, 1.165) is 48.9 Å². The summed E-state index contributed by atoms with van der Waals surface area (Å²) < 4.78 is 7.98. The largest absolute Gasteiger partial charge is 0.489 e. The summed E-state index contributed by atoms with van der Waals surface area (Å²) >= 11 is 0. The molecule has 1 N–H and O–H groups in total. The van der Waals surface area contributed by atoms with Gasteiger partial charge in [0.2, 0.25) is 5.91 Å². The number of amides is 1. The Hall–Kier alpha value is -3.16. The fraction of sp³-hybridized carbons (Fsp3) is 0.385. The molecule has 3 aromatic rings. The summed E-state index contributed by atoms with van der Waals surface area (Å²) in [5.41, 5.74) is 2.15. The van der Waals surface area contributed by atoms with Crippen molar-refractivity contribution in [2.75, 3.05) is 32.7 Å². The molecule has 0 saturated carbocycles. The molecule has 0 radical (unpaired) electrons. The van der Waals surface area contributed by atoms with E-state index in [2.05, 4.69) is 31.6 Å². The van der Waals surface area contributed by atoms with E-state index in [-0.39, 0.29) is 11.9 Å². The molecule has 1 amide bonds. The number of carbonyl (C=O) groups is 1. The topological polar surface area (TPSA) is 62.6 Å². The van der Waals surface area contributed by atoms with Crippen LogP contribution >= 0.6 is 0 Å². The fourth-order valence-electron chi connectivity index (χ4n) is 4.34. The van der Waals surface area contributed by atoms with Crippen LogP contribution in [0, 0.1) is 0 Å². The Morgan fingerprint density at radius 2 is 1.85 bits per heavy atom. The molecule has 7 nitrogen and oxygen atoms in total. The quantitative estimate of drug-likeness (QED) is 0.546. The highest BCUT2D eigenvalue weighted by Gasteiger charge is 2.30. The van der Waals surface area contributed by atoms with E-state index in [0.29, 0.717) is 19.7 Å². The number of nitrogens with zero attached hydrogens (tertiary/aromatic N) is 4. The summed E-state index contributed by atoms with van der Waals surface area (Å²) in [6.07, 6.45) is 3.82. The summed E-state index contributed by atoms with van der Waals surface area (Å²) in [6.45, 7) is 7.11. The Balaban J connectivity index is 1.31. The van der Waals surface area contributed by atoms with Gasteiger partial charge in [-0.25, -0.2) is 4.98 Å². The van der Waals surface area contributed by atoms with Crippen molar-refractivity contribution in [2.45, 2.75) is 26.1 Å². The van der Waals surface area contributed by atoms with Gasteiger partial charge in [0.15, 0.2) is 0 Å². The molecule has 33 heavy (non-hydrogen) atoms. The molecular weight excluding hydrogens is 414 g/mol. The lowest BCUT2D eigenvalue weighted by molar-refractivity contribution is -0.123. The smallest absolute Gasteiger partial charge is 0.234 e. The molecule has 7 heteroatoms. The van der Waals surface area contributed by atoms with E-state index >= 15 is 0 Å². The predicted octanol–water partition coefficient (Wildman–Crippen LogP) is 2.99. The third-order valence-electron chi connectivity index (χ3n) is 6.24. The van der Waals surface area contributed by atoms with Crippen LogP contribution in [0.25, 0.3) is 0 Å². The van der Waals surface area contributed by atoms with Gasteiger partial charge in [-0.1, -0.05) is 49.4 Å². The molecule has 2 heterocycles. The lowest BCUT2D eigenvalue weighted by atomic mass is 10.1. The number of piperazine rings is 1. The lowest BCUT2D eigenvalue weighted by Crippen LogP contribution is -2.51. The Morgan fingerprint density at radius 3 is 2.58 bits per heavy atom. The van der Waals surface area contributed by atoms with Gasteiger partial charge in [-0.3, -0.25) is 14.6 Å². The minimum absolute atomic E-state index is 0.0392. The number of carbonyl (C=O) groups excluding carboxylic acids is 1. The molecule has 0 aliphatic carbocycles. The Kier molecular flexibility index (Phi) is 7.75. The maximum atomic E-state index is 12.8. The predicted molar refractivity (Wildman–Crippen MR) is 129 cm³/mol. The zero-order chi connectivity index (χ0) is 23.0. The van der Waals surface area contributed by atoms with Crippen molar-refractivity contribution in [3.63, 3.8) is 0 Å². The molecule has 1 unspecified atom stereocenters. The highest BCUT2D eigenvalue weighted by molar-refractivity contribution is 5.78. The van der Waals surface area contributed by atoms with Crippen molar-refractivity contribution < 1.29 is 9.53 Å². The first kappa shape index (κ1) is 23.0. The maximum absolute atomic E-state index is 12.8. The number of imidazole rings is 1. The van der Waals surface area contributed by atoms with E-state index < -0.39 is 0 Å². The third kappa shape index (κ3) is 6.00. The minimum Gasteiger partial charge on any atom is -0.489 e. The van der Waals surface area contributed by atoms with Crippen LogP contribution in [-0.4, -0.2) is 58.0 Å². The molecule has 1 atom stereocenters. The molecule has 0 spiro atoms. The minimum atomic E-state index is 0.0392. The summed E-state index contributed by atoms with van der Waals surface area (Å²) in [5.74, 6) is 1.93. The number of benzene rings is 2. The second-order valence-electron chi connectivity index (χ2n) is 8.42. The van der Waals surface area contributed by atoms with Gasteiger partial charge in [0.1, 0.15) is 18.2 Å². The molecule has 1 aromatic heterocycles. The van der Waals surface area contributed by atoms with E-state index in [1.54, 1.807) is 0 Å². The molecule has 4 rings (SSSR count). The number of hydrogen-bond acceptors (Lipinski definition) is 5. The molecule has 1 aliphatic rings. The van der Waals surface area contributed by atoms with Crippen molar-refractivity contribution in [1.29, 1.82) is 0 Å². The third-order valence-corrected chi connectivity index (χ3v) is 6.24. The second kappa shape index (κ2) is 11.1. The van der Waals surface area contributed by atoms with Crippen molar-refractivity contribution in [3.05, 3.63) is 83.9 Å². The zero-order valence-electron chi connectivity index (χ0n) is 19.5. The molecule has 174 valence electrons. The van der Waals surface area contributed by atoms with Crippen molar-refractivity contribution in [3.8, 4) is 5.75 Å². The van der Waals surface area contributed by atoms with Crippen LogP contribution in [0.4, 0.5) is 0 Å². The van der Waals surface area contributed by atoms with Gasteiger partial charge in [0.25, 0.3) is 0 Å². The summed E-state index contributed by atoms with van der Waals surface area (Å²) in [7, 11) is 2.03. The first-order valence-corrected chi connectivity index (χ1v) is 11.6. The molecule has 1 saturated heterocycles. The van der Waals surface area contributed by atoms with Gasteiger partial charge >= 0.3 is 0 Å². The van der Waals surface area contributed by atoms with Crippen molar-refractivity contribution in [1.82, 2.24) is 24.7 Å². The second-order valence-corrected chi connectivity index (χ2v) is 8.42. The van der Waals surface area contributed by atoms with Crippen LogP contribution in [-0.2, 0) is 25.0 Å². The summed E-state index contributed by atoms with van der Waals surface area (Å²) in [4.78, 5) is 22.0. The highest BCUT2D eigenvalue weighted by Crippen LogP contribution is 2.23. The average molecular weight is 448 g/mol. The van der Waals surface area contributed by atoms with E-state index in [1.165, 1.54) is 0 Å². The number of hydrogen-bond donors (Lipinski definition) is 1. The van der Waals surface area contributed by atoms with Crippen LogP contribution in [0.5, 0.6) is 5.75 Å². The Morgan fingerprint density at radius 1 is 1.09 bits per heavy atom. The zero-order valence-corrected chi connectivity index (χ0v) is 19.5. The van der Waals surface area contributed by atoms with Gasteiger partial charge in [-0.2, -0.15) is 0 Å². The fourth-order valence-corrected chi connectivity index (χ4v) is 4.34. The summed E-state index contributed by atoms with van der Waals surface area (Å²) in [5, 5.41) is 3.10. The Labute approximate surface area is 196 Å². The highest BCUT2D eigenvalue weighted by atomic mass is 16.5. The molecular formula is C26H33N5O2. The van der Waals surface area contributed by atoms with Gasteiger partial charge in [0, 0.05) is 45.6 Å². The number of nitrogens with one attached hydrogen (secondary N) is 1. The van der Waals surface area contributed by atoms with E-state index in [9.17, 15) is 4.79 Å². The van der Waals surface area contributed by atoms with E-state index in [1.807, 2.05) is 74.0 Å². The molecule has 0 bridgehead atoms. The molecule has 1 fully saturated rings. The summed E-state index contributed by atoms with van der Waals surface area (Å²) in [6, 6.07) is 18.1. The lowest BCUT2D eigenvalue weighted by Gasteiger charge is -2.40. The number of aryl methyl sites for hydroxylation is 1. The average Bonchev–Trinajstić information content (AvgIpc) is 3.28. The van der Waals surface area contributed by atoms with Gasteiger partial charge in [-0.15, -0.1) is 0 Å². The number of rotatable bonds is 9. The van der Waals surface area contributed by atoms with Gasteiger partial charge in [0.05, 0.1) is 12.6 Å². The number of aromatic nitrogens is 2. The molecule has 1 aliphatic heterocycles. The van der Waals surface area contributed by atoms with Crippen LogP contribution in [0.3, 0.4) is 0 Å². The van der Waals surface area contributed by atoms with Crippen LogP contribution in [0.1, 0.15) is 29.9 Å². The normalized spacial score (nSPS) is 17.1. The first-order valence-electron chi connectivity index (χ1n) is 11.6. The number of para-hydroxylation sites is 1.